The van der Waals surface area contributed by atoms with Crippen molar-refractivity contribution >= 4 is 34.4 Å². The standard InChI is InChI=1S/C21H21ClN2O3S/c1-12-18(10-13-4-2-3-5-15(13)22)28-20(23-12)24-19(27)21(8-9-21)14-6-7-16(25)17(26)11-14/h2-7,11-12,18,25-26H,8-10H2,1H3,(H,23,24,27). The fraction of sp³-hybridized carbons (Fsp3) is 0.333. The molecule has 0 radical (unpaired) electrons. The molecular formula is C21H21ClN2O3S. The Hall–Kier alpha value is -2.18. The van der Waals surface area contributed by atoms with E-state index in [1.165, 1.54) is 12.1 Å². The van der Waals surface area contributed by atoms with E-state index in [0.717, 1.165) is 17.0 Å². The minimum Gasteiger partial charge on any atom is -0.504 e. The van der Waals surface area contributed by atoms with E-state index in [-0.39, 0.29) is 28.7 Å². The van der Waals surface area contributed by atoms with E-state index in [1.54, 1.807) is 17.8 Å². The predicted molar refractivity (Wildman–Crippen MR) is 112 cm³/mol. The molecule has 146 valence electrons. The van der Waals surface area contributed by atoms with Crippen molar-refractivity contribution in [1.82, 2.24) is 5.32 Å². The highest BCUT2D eigenvalue weighted by atomic mass is 35.5. The lowest BCUT2D eigenvalue weighted by Crippen LogP contribution is -2.37. The summed E-state index contributed by atoms with van der Waals surface area (Å²) < 4.78 is 0. The Balaban J connectivity index is 1.43. The quantitative estimate of drug-likeness (QED) is 0.658. The molecule has 0 spiro atoms. The van der Waals surface area contributed by atoms with Crippen molar-refractivity contribution in [2.24, 2.45) is 4.99 Å². The number of halogens is 1. The maximum absolute atomic E-state index is 12.9. The fourth-order valence-electron chi connectivity index (χ4n) is 3.50. The first-order valence-corrected chi connectivity index (χ1v) is 10.5. The van der Waals surface area contributed by atoms with Gasteiger partial charge < -0.3 is 15.5 Å². The smallest absolute Gasteiger partial charge is 0.236 e. The third-order valence-corrected chi connectivity index (χ3v) is 7.10. The van der Waals surface area contributed by atoms with E-state index in [9.17, 15) is 15.0 Å². The van der Waals surface area contributed by atoms with Gasteiger partial charge >= 0.3 is 0 Å². The molecule has 2 aliphatic rings. The molecule has 2 aromatic carbocycles. The molecule has 1 amide bonds. The van der Waals surface area contributed by atoms with Crippen LogP contribution in [0.5, 0.6) is 11.5 Å². The summed E-state index contributed by atoms with van der Waals surface area (Å²) in [6.45, 7) is 2.04. The van der Waals surface area contributed by atoms with Gasteiger partial charge in [0.1, 0.15) is 0 Å². The molecular weight excluding hydrogens is 396 g/mol. The average molecular weight is 417 g/mol. The van der Waals surface area contributed by atoms with Crippen molar-refractivity contribution in [3.63, 3.8) is 0 Å². The number of carbonyl (C=O) groups is 1. The van der Waals surface area contributed by atoms with Gasteiger partial charge in [0.05, 0.1) is 11.5 Å². The second-order valence-electron chi connectivity index (χ2n) is 7.37. The molecule has 2 atom stereocenters. The zero-order valence-corrected chi connectivity index (χ0v) is 16.9. The zero-order chi connectivity index (χ0) is 19.9. The van der Waals surface area contributed by atoms with Crippen LogP contribution in [0.3, 0.4) is 0 Å². The number of hydrogen-bond donors (Lipinski definition) is 3. The van der Waals surface area contributed by atoms with Gasteiger partial charge in [-0.3, -0.25) is 9.79 Å². The molecule has 1 aliphatic carbocycles. The molecule has 1 heterocycles. The topological polar surface area (TPSA) is 81.9 Å². The lowest BCUT2D eigenvalue weighted by Gasteiger charge is -2.17. The largest absolute Gasteiger partial charge is 0.504 e. The summed E-state index contributed by atoms with van der Waals surface area (Å²) in [5, 5.41) is 23.8. The molecule has 2 aromatic rings. The van der Waals surface area contributed by atoms with Gasteiger partial charge in [-0.05, 0) is 55.5 Å². The van der Waals surface area contributed by atoms with Crippen LogP contribution in [0.1, 0.15) is 30.9 Å². The maximum atomic E-state index is 12.9. The Morgan fingerprint density at radius 2 is 2.00 bits per heavy atom. The second kappa shape index (κ2) is 7.33. The summed E-state index contributed by atoms with van der Waals surface area (Å²) in [4.78, 5) is 17.6. The number of phenolic OH excluding ortho intramolecular Hbond substituents is 2. The zero-order valence-electron chi connectivity index (χ0n) is 15.4. The van der Waals surface area contributed by atoms with Crippen molar-refractivity contribution in [2.75, 3.05) is 0 Å². The Kier molecular flexibility index (Phi) is 5.02. The molecule has 2 unspecified atom stereocenters. The second-order valence-corrected chi connectivity index (χ2v) is 9.00. The van der Waals surface area contributed by atoms with Crippen LogP contribution < -0.4 is 5.32 Å². The lowest BCUT2D eigenvalue weighted by molar-refractivity contribution is -0.122. The summed E-state index contributed by atoms with van der Waals surface area (Å²) in [6.07, 6.45) is 2.20. The average Bonchev–Trinajstić information content (AvgIpc) is 3.40. The van der Waals surface area contributed by atoms with Gasteiger partial charge in [-0.15, -0.1) is 0 Å². The van der Waals surface area contributed by atoms with Crippen molar-refractivity contribution in [1.29, 1.82) is 0 Å². The summed E-state index contributed by atoms with van der Waals surface area (Å²) in [7, 11) is 0. The van der Waals surface area contributed by atoms with E-state index >= 15 is 0 Å². The van der Waals surface area contributed by atoms with E-state index in [2.05, 4.69) is 10.3 Å². The maximum Gasteiger partial charge on any atom is 0.236 e. The third kappa shape index (κ3) is 3.59. The van der Waals surface area contributed by atoms with Crippen LogP contribution in [-0.2, 0) is 16.6 Å². The SMILES string of the molecule is CC1N=C(NC(=O)C2(c3ccc(O)c(O)c3)CC2)SC1Cc1ccccc1Cl. The molecule has 0 aromatic heterocycles. The van der Waals surface area contributed by atoms with Gasteiger partial charge in [-0.2, -0.15) is 0 Å². The minimum atomic E-state index is -0.654. The number of nitrogens with one attached hydrogen (secondary N) is 1. The van der Waals surface area contributed by atoms with E-state index in [0.29, 0.717) is 23.6 Å². The molecule has 0 saturated heterocycles. The number of amides is 1. The Morgan fingerprint density at radius 1 is 1.25 bits per heavy atom. The van der Waals surface area contributed by atoms with Crippen LogP contribution in [0.2, 0.25) is 5.02 Å². The molecule has 28 heavy (non-hydrogen) atoms. The van der Waals surface area contributed by atoms with Gasteiger partial charge in [0.15, 0.2) is 16.7 Å². The molecule has 1 fully saturated rings. The number of rotatable bonds is 4. The van der Waals surface area contributed by atoms with Crippen LogP contribution in [-0.4, -0.2) is 32.6 Å². The number of nitrogens with zero attached hydrogens (tertiary/aromatic N) is 1. The van der Waals surface area contributed by atoms with E-state index in [4.69, 9.17) is 11.6 Å². The number of amidine groups is 1. The molecule has 0 bridgehead atoms. The van der Waals surface area contributed by atoms with Crippen LogP contribution in [0.4, 0.5) is 0 Å². The summed E-state index contributed by atoms with van der Waals surface area (Å²) in [6, 6.07) is 12.4. The highest BCUT2D eigenvalue weighted by Crippen LogP contribution is 2.50. The predicted octanol–water partition coefficient (Wildman–Crippen LogP) is 4.00. The van der Waals surface area contributed by atoms with Gasteiger partial charge in [0.2, 0.25) is 5.91 Å². The monoisotopic (exact) mass is 416 g/mol. The van der Waals surface area contributed by atoms with Gasteiger partial charge in [-0.1, -0.05) is 47.6 Å². The fourth-order valence-corrected chi connectivity index (χ4v) is 4.90. The van der Waals surface area contributed by atoms with E-state index < -0.39 is 5.41 Å². The van der Waals surface area contributed by atoms with Gasteiger partial charge in [0.25, 0.3) is 0 Å². The molecule has 3 N–H and O–H groups in total. The number of aliphatic imine (C=N–C) groups is 1. The summed E-state index contributed by atoms with van der Waals surface area (Å²) >= 11 is 7.84. The van der Waals surface area contributed by atoms with Gasteiger partial charge in [0, 0.05) is 10.3 Å². The van der Waals surface area contributed by atoms with Crippen molar-refractivity contribution in [3.05, 3.63) is 58.6 Å². The summed E-state index contributed by atoms with van der Waals surface area (Å²) in [5.74, 6) is -0.515. The van der Waals surface area contributed by atoms with E-state index in [1.807, 2.05) is 31.2 Å². The molecule has 7 heteroatoms. The number of thioether (sulfide) groups is 1. The number of benzene rings is 2. The third-order valence-electron chi connectivity index (χ3n) is 5.43. The Bertz CT molecular complexity index is 958. The number of aromatic hydroxyl groups is 2. The molecule has 5 nitrogen and oxygen atoms in total. The highest BCUT2D eigenvalue weighted by molar-refractivity contribution is 8.14. The van der Waals surface area contributed by atoms with Crippen LogP contribution in [0.15, 0.2) is 47.5 Å². The molecule has 1 saturated carbocycles. The Labute approximate surface area is 172 Å². The van der Waals surface area contributed by atoms with Crippen LogP contribution in [0, 0.1) is 0 Å². The Morgan fingerprint density at radius 3 is 2.68 bits per heavy atom. The van der Waals surface area contributed by atoms with Crippen molar-refractivity contribution in [2.45, 2.75) is 42.9 Å². The first-order chi connectivity index (χ1) is 13.4. The number of hydrogen-bond acceptors (Lipinski definition) is 5. The first kappa shape index (κ1) is 19.2. The van der Waals surface area contributed by atoms with Crippen molar-refractivity contribution < 1.29 is 15.0 Å². The van der Waals surface area contributed by atoms with Crippen LogP contribution in [0.25, 0.3) is 0 Å². The minimum absolute atomic E-state index is 0.0736. The molecule has 1 aliphatic heterocycles. The van der Waals surface area contributed by atoms with Crippen LogP contribution >= 0.6 is 23.4 Å². The molecule has 4 rings (SSSR count). The normalized spacial score (nSPS) is 22.6. The highest BCUT2D eigenvalue weighted by Gasteiger charge is 2.52. The first-order valence-electron chi connectivity index (χ1n) is 9.21. The van der Waals surface area contributed by atoms with Gasteiger partial charge in [-0.25, -0.2) is 0 Å². The van der Waals surface area contributed by atoms with Crippen molar-refractivity contribution in [3.8, 4) is 11.5 Å². The number of carbonyl (C=O) groups excluding carboxylic acids is 1. The summed E-state index contributed by atoms with van der Waals surface area (Å²) in [5.41, 5.74) is 1.14. The number of phenols is 2. The lowest BCUT2D eigenvalue weighted by atomic mass is 9.94.